The number of halogens is 1. The van der Waals surface area contributed by atoms with E-state index in [-0.39, 0.29) is 29.4 Å². The molecule has 0 amide bonds. The van der Waals surface area contributed by atoms with Crippen LogP contribution in [0.1, 0.15) is 38.4 Å². The van der Waals surface area contributed by atoms with Crippen molar-refractivity contribution in [2.45, 2.75) is 39.5 Å². The van der Waals surface area contributed by atoms with Gasteiger partial charge in [-0.2, -0.15) is 11.8 Å². The molecule has 0 aliphatic carbocycles. The third kappa shape index (κ3) is 8.57. The minimum atomic E-state index is 0. The Bertz CT molecular complexity index is 441. The number of thioether (sulfide) groups is 1. The zero-order valence-electron chi connectivity index (χ0n) is 14.2. The van der Waals surface area contributed by atoms with E-state index < -0.39 is 0 Å². The molecule has 0 saturated carbocycles. The average molecular weight is 456 g/mol. The smallest absolute Gasteiger partial charge is 0.191 e. The Morgan fingerprint density at radius 1 is 1.36 bits per heavy atom. The highest BCUT2D eigenvalue weighted by atomic mass is 127. The predicted octanol–water partition coefficient (Wildman–Crippen LogP) is 3.52. The summed E-state index contributed by atoms with van der Waals surface area (Å²) in [6.07, 6.45) is 3.04. The lowest BCUT2D eigenvalue weighted by atomic mass is 9.93. The van der Waals surface area contributed by atoms with Crippen LogP contribution in [-0.4, -0.2) is 42.6 Å². The molecule has 0 aromatic carbocycles. The summed E-state index contributed by atoms with van der Waals surface area (Å²) in [5.74, 6) is 1.96. The van der Waals surface area contributed by atoms with Crippen molar-refractivity contribution in [3.63, 3.8) is 0 Å². The summed E-state index contributed by atoms with van der Waals surface area (Å²) in [6, 6.07) is 0. The van der Waals surface area contributed by atoms with Crippen LogP contribution in [0.5, 0.6) is 0 Å². The Hall–Kier alpha value is -0.0200. The summed E-state index contributed by atoms with van der Waals surface area (Å²) in [5, 5.41) is 10.0. The van der Waals surface area contributed by atoms with E-state index >= 15 is 0 Å². The molecular formula is C15H29IN4S2. The van der Waals surface area contributed by atoms with Crippen LogP contribution in [0.2, 0.25) is 0 Å². The molecule has 22 heavy (non-hydrogen) atoms. The van der Waals surface area contributed by atoms with Crippen LogP contribution in [0, 0.1) is 0 Å². The quantitative estimate of drug-likeness (QED) is 0.285. The van der Waals surface area contributed by atoms with Crippen LogP contribution in [0.25, 0.3) is 0 Å². The van der Waals surface area contributed by atoms with Gasteiger partial charge in [-0.3, -0.25) is 4.99 Å². The molecule has 0 spiro atoms. The van der Waals surface area contributed by atoms with Gasteiger partial charge in [0.25, 0.3) is 0 Å². The van der Waals surface area contributed by atoms with Crippen molar-refractivity contribution < 1.29 is 0 Å². The fourth-order valence-corrected chi connectivity index (χ4v) is 2.95. The molecule has 0 aliphatic heterocycles. The number of aromatic nitrogens is 1. The maximum absolute atomic E-state index is 4.71. The molecule has 0 atom stereocenters. The van der Waals surface area contributed by atoms with Gasteiger partial charge in [-0.05, 0) is 13.2 Å². The van der Waals surface area contributed by atoms with E-state index in [4.69, 9.17) is 4.98 Å². The first kappa shape index (κ1) is 22.0. The van der Waals surface area contributed by atoms with Gasteiger partial charge in [0, 0.05) is 36.1 Å². The number of guanidine groups is 1. The number of nitrogens with zero attached hydrogens (tertiary/aromatic N) is 2. The summed E-state index contributed by atoms with van der Waals surface area (Å²) in [6.45, 7) is 11.3. The fraction of sp³-hybridized carbons (Fsp3) is 0.733. The Morgan fingerprint density at radius 3 is 2.64 bits per heavy atom. The van der Waals surface area contributed by atoms with E-state index in [2.05, 4.69) is 55.0 Å². The molecule has 0 aliphatic rings. The van der Waals surface area contributed by atoms with Gasteiger partial charge in [-0.1, -0.05) is 20.8 Å². The van der Waals surface area contributed by atoms with Crippen LogP contribution < -0.4 is 10.6 Å². The molecule has 1 rings (SSSR count). The van der Waals surface area contributed by atoms with Crippen LogP contribution in [0.4, 0.5) is 0 Å². The Kier molecular flexibility index (Phi) is 11.5. The zero-order chi connectivity index (χ0) is 15.7. The minimum absolute atomic E-state index is 0. The molecule has 7 heteroatoms. The number of rotatable bonds is 7. The highest BCUT2D eigenvalue weighted by Crippen LogP contribution is 2.23. The van der Waals surface area contributed by atoms with Gasteiger partial charge in [0.15, 0.2) is 5.96 Å². The van der Waals surface area contributed by atoms with Gasteiger partial charge >= 0.3 is 0 Å². The number of thiazole rings is 1. The largest absolute Gasteiger partial charge is 0.357 e. The normalized spacial score (nSPS) is 12.0. The summed E-state index contributed by atoms with van der Waals surface area (Å²) in [7, 11) is 0. The second kappa shape index (κ2) is 11.5. The molecule has 0 saturated heterocycles. The number of nitrogens with one attached hydrogen (secondary N) is 2. The van der Waals surface area contributed by atoms with Gasteiger partial charge in [0.05, 0.1) is 17.2 Å². The lowest BCUT2D eigenvalue weighted by Crippen LogP contribution is -2.38. The van der Waals surface area contributed by atoms with Crippen molar-refractivity contribution in [2.75, 3.05) is 31.6 Å². The lowest BCUT2D eigenvalue weighted by molar-refractivity contribution is 0.570. The molecular weight excluding hydrogens is 427 g/mol. The van der Waals surface area contributed by atoms with Gasteiger partial charge < -0.3 is 10.6 Å². The van der Waals surface area contributed by atoms with Crippen molar-refractivity contribution in [3.05, 3.63) is 16.1 Å². The first-order valence-corrected chi connectivity index (χ1v) is 9.70. The molecule has 2 N–H and O–H groups in total. The molecule has 128 valence electrons. The molecule has 1 aromatic heterocycles. The van der Waals surface area contributed by atoms with E-state index in [1.165, 1.54) is 10.7 Å². The molecule has 0 bridgehead atoms. The minimum Gasteiger partial charge on any atom is -0.357 e. The molecule has 1 aromatic rings. The van der Waals surface area contributed by atoms with Gasteiger partial charge in [-0.15, -0.1) is 35.3 Å². The van der Waals surface area contributed by atoms with Crippen molar-refractivity contribution in [2.24, 2.45) is 4.99 Å². The summed E-state index contributed by atoms with van der Waals surface area (Å²) < 4.78 is 0. The molecule has 1 heterocycles. The first-order valence-electron chi connectivity index (χ1n) is 7.43. The maximum Gasteiger partial charge on any atom is 0.191 e. The van der Waals surface area contributed by atoms with Crippen molar-refractivity contribution >= 4 is 53.0 Å². The van der Waals surface area contributed by atoms with Crippen LogP contribution >= 0.6 is 47.1 Å². The number of hydrogen-bond donors (Lipinski definition) is 2. The third-order valence-electron chi connectivity index (χ3n) is 2.86. The fourth-order valence-electron chi connectivity index (χ4n) is 1.65. The van der Waals surface area contributed by atoms with E-state index in [9.17, 15) is 0 Å². The Balaban J connectivity index is 0.00000441. The summed E-state index contributed by atoms with van der Waals surface area (Å²) in [5.41, 5.74) is 1.32. The number of aliphatic imine (C=N–C) groups is 1. The van der Waals surface area contributed by atoms with Crippen LogP contribution in [-0.2, 0) is 11.8 Å². The molecule has 4 nitrogen and oxygen atoms in total. The van der Waals surface area contributed by atoms with Gasteiger partial charge in [-0.25, -0.2) is 4.98 Å². The van der Waals surface area contributed by atoms with E-state index in [0.717, 1.165) is 37.8 Å². The summed E-state index contributed by atoms with van der Waals surface area (Å²) in [4.78, 5) is 9.25. The summed E-state index contributed by atoms with van der Waals surface area (Å²) >= 11 is 3.56. The van der Waals surface area contributed by atoms with E-state index in [1.807, 2.05) is 11.8 Å². The topological polar surface area (TPSA) is 49.3 Å². The SMILES string of the molecule is CCNC(=NCCSC)NCCc1nc(C(C)(C)C)cs1.I. The molecule has 0 radical (unpaired) electrons. The number of hydrogen-bond acceptors (Lipinski definition) is 4. The van der Waals surface area contributed by atoms with E-state index in [0.29, 0.717) is 0 Å². The first-order chi connectivity index (χ1) is 9.97. The Labute approximate surface area is 160 Å². The van der Waals surface area contributed by atoms with Crippen molar-refractivity contribution in [1.29, 1.82) is 0 Å². The highest BCUT2D eigenvalue weighted by Gasteiger charge is 2.17. The van der Waals surface area contributed by atoms with Crippen molar-refractivity contribution in [1.82, 2.24) is 15.6 Å². The maximum atomic E-state index is 4.71. The standard InChI is InChI=1S/C15H28N4S2.HI/c1-6-16-14(18-9-10-20-5)17-8-7-13-19-12(11-21-13)15(2,3)4;/h11H,6-10H2,1-5H3,(H2,16,17,18);1H. The van der Waals surface area contributed by atoms with Crippen LogP contribution in [0.3, 0.4) is 0 Å². The molecule has 0 fully saturated rings. The van der Waals surface area contributed by atoms with Gasteiger partial charge in [0.1, 0.15) is 0 Å². The third-order valence-corrected chi connectivity index (χ3v) is 4.36. The van der Waals surface area contributed by atoms with Gasteiger partial charge in [0.2, 0.25) is 0 Å². The lowest BCUT2D eigenvalue weighted by Gasteiger charge is -2.14. The second-order valence-electron chi connectivity index (χ2n) is 5.81. The zero-order valence-corrected chi connectivity index (χ0v) is 18.2. The molecule has 0 unspecified atom stereocenters. The Morgan fingerprint density at radius 2 is 2.09 bits per heavy atom. The van der Waals surface area contributed by atoms with E-state index in [1.54, 1.807) is 11.3 Å². The average Bonchev–Trinajstić information content (AvgIpc) is 2.88. The second-order valence-corrected chi connectivity index (χ2v) is 7.73. The highest BCUT2D eigenvalue weighted by molar-refractivity contribution is 14.0. The monoisotopic (exact) mass is 456 g/mol. The predicted molar refractivity (Wildman–Crippen MR) is 112 cm³/mol. The van der Waals surface area contributed by atoms with Crippen molar-refractivity contribution in [3.8, 4) is 0 Å². The van der Waals surface area contributed by atoms with Crippen LogP contribution in [0.15, 0.2) is 10.4 Å².